The quantitative estimate of drug-likeness (QED) is 0.598. The monoisotopic (exact) mass is 407 g/mol. The van der Waals surface area contributed by atoms with E-state index in [-0.39, 0.29) is 0 Å². The summed E-state index contributed by atoms with van der Waals surface area (Å²) in [5.41, 5.74) is 5.18. The molecule has 1 saturated carbocycles. The third-order valence-corrected chi connectivity index (χ3v) is 5.95. The summed E-state index contributed by atoms with van der Waals surface area (Å²) in [6.45, 7) is 3.37. The summed E-state index contributed by atoms with van der Waals surface area (Å²) in [4.78, 5) is 2.45. The number of H-pyrrole nitrogens is 1. The first-order valence-electron chi connectivity index (χ1n) is 10.3. The van der Waals surface area contributed by atoms with Crippen LogP contribution < -0.4 is 0 Å². The Morgan fingerprint density at radius 2 is 1.93 bits per heavy atom. The van der Waals surface area contributed by atoms with Gasteiger partial charge in [0.05, 0.1) is 19.4 Å². The predicted octanol–water partition coefficient (Wildman–Crippen LogP) is 4.12. The number of allylic oxidation sites excluding steroid dienone is 2. The second kappa shape index (κ2) is 8.08. The second-order valence-electron chi connectivity index (χ2n) is 7.77. The molecule has 0 spiro atoms. The van der Waals surface area contributed by atoms with Gasteiger partial charge in [0.25, 0.3) is 0 Å². The fourth-order valence-electron chi connectivity index (χ4n) is 4.07. The Morgan fingerprint density at radius 3 is 2.69 bits per heavy atom. The topological polar surface area (TPSA) is 58.4 Å². The maximum Gasteiger partial charge on any atom is 0.216 e. The zero-order valence-corrected chi connectivity index (χ0v) is 17.2. The van der Waals surface area contributed by atoms with Gasteiger partial charge in [-0.3, -0.25) is 5.10 Å². The number of rotatable bonds is 5. The van der Waals surface area contributed by atoms with Gasteiger partial charge < -0.3 is 9.64 Å². The van der Waals surface area contributed by atoms with Crippen LogP contribution in [0.2, 0.25) is 0 Å². The first-order valence-corrected chi connectivity index (χ1v) is 10.7. The van der Waals surface area contributed by atoms with Gasteiger partial charge in [0, 0.05) is 24.7 Å². The number of morpholine rings is 1. The Bertz CT molecular complexity index is 1020. The Hall–Kier alpha value is -2.51. The molecule has 29 heavy (non-hydrogen) atoms. The SMILES string of the molecule is S=c1[nH]nc(C2CC2)n1/N=C\C1=C(N2CCOCC2)C(=Cc2ccccc2)CC1. The zero-order valence-electron chi connectivity index (χ0n) is 16.4. The summed E-state index contributed by atoms with van der Waals surface area (Å²) in [6, 6.07) is 10.5. The van der Waals surface area contributed by atoms with E-state index in [2.05, 4.69) is 51.5 Å². The summed E-state index contributed by atoms with van der Waals surface area (Å²) in [5.74, 6) is 1.45. The molecule has 1 saturated heterocycles. The Morgan fingerprint density at radius 1 is 1.14 bits per heavy atom. The van der Waals surface area contributed by atoms with Crippen molar-refractivity contribution in [1.82, 2.24) is 19.8 Å². The van der Waals surface area contributed by atoms with Crippen LogP contribution in [0.15, 0.2) is 52.3 Å². The first kappa shape index (κ1) is 18.5. The number of hydrogen-bond acceptors (Lipinski definition) is 5. The highest BCUT2D eigenvalue weighted by molar-refractivity contribution is 7.71. The van der Waals surface area contributed by atoms with Crippen LogP contribution in [0.3, 0.4) is 0 Å². The van der Waals surface area contributed by atoms with Crippen molar-refractivity contribution < 1.29 is 4.74 Å². The lowest BCUT2D eigenvalue weighted by Crippen LogP contribution is -2.36. The van der Waals surface area contributed by atoms with Crippen LogP contribution in [-0.4, -0.2) is 52.3 Å². The molecule has 2 aliphatic carbocycles. The molecule has 2 fully saturated rings. The van der Waals surface area contributed by atoms with E-state index in [0.29, 0.717) is 10.7 Å². The molecule has 1 aromatic heterocycles. The molecular formula is C22H25N5OS. The summed E-state index contributed by atoms with van der Waals surface area (Å²) < 4.78 is 7.95. The number of aromatic nitrogens is 3. The normalized spacial score (nSPS) is 21.7. The number of benzene rings is 1. The summed E-state index contributed by atoms with van der Waals surface area (Å²) >= 11 is 5.40. The van der Waals surface area contributed by atoms with Crippen LogP contribution in [-0.2, 0) is 4.74 Å². The minimum absolute atomic E-state index is 0.491. The molecule has 0 amide bonds. The van der Waals surface area contributed by atoms with Crippen molar-refractivity contribution in [3.8, 4) is 0 Å². The molecule has 7 heteroatoms. The number of ether oxygens (including phenoxy) is 1. The van der Waals surface area contributed by atoms with E-state index in [9.17, 15) is 0 Å². The molecule has 0 bridgehead atoms. The van der Waals surface area contributed by atoms with E-state index in [1.807, 2.05) is 6.21 Å². The van der Waals surface area contributed by atoms with Crippen LogP contribution in [0.1, 0.15) is 43.0 Å². The van der Waals surface area contributed by atoms with Gasteiger partial charge in [0.1, 0.15) is 0 Å². The third-order valence-electron chi connectivity index (χ3n) is 5.69. The summed E-state index contributed by atoms with van der Waals surface area (Å²) in [5, 5.41) is 12.0. The van der Waals surface area contributed by atoms with Crippen molar-refractivity contribution in [2.75, 3.05) is 26.3 Å². The van der Waals surface area contributed by atoms with Crippen molar-refractivity contribution >= 4 is 24.5 Å². The number of nitrogens with zero attached hydrogens (tertiary/aromatic N) is 4. The van der Waals surface area contributed by atoms with E-state index in [1.165, 1.54) is 35.2 Å². The van der Waals surface area contributed by atoms with E-state index in [4.69, 9.17) is 22.1 Å². The van der Waals surface area contributed by atoms with Gasteiger partial charge in [0.15, 0.2) is 5.82 Å². The molecule has 1 N–H and O–H groups in total. The highest BCUT2D eigenvalue weighted by Gasteiger charge is 2.29. The van der Waals surface area contributed by atoms with Crippen molar-refractivity contribution in [2.24, 2.45) is 5.10 Å². The summed E-state index contributed by atoms with van der Waals surface area (Å²) in [7, 11) is 0. The lowest BCUT2D eigenvalue weighted by molar-refractivity contribution is 0.0548. The molecule has 0 unspecified atom stereocenters. The van der Waals surface area contributed by atoms with Crippen molar-refractivity contribution in [3.05, 3.63) is 63.3 Å². The van der Waals surface area contributed by atoms with E-state index >= 15 is 0 Å². The van der Waals surface area contributed by atoms with Crippen molar-refractivity contribution in [2.45, 2.75) is 31.6 Å². The van der Waals surface area contributed by atoms with Gasteiger partial charge in [-0.1, -0.05) is 30.3 Å². The zero-order chi connectivity index (χ0) is 19.6. The lowest BCUT2D eigenvalue weighted by atomic mass is 10.1. The van der Waals surface area contributed by atoms with Gasteiger partial charge in [0.2, 0.25) is 4.77 Å². The molecule has 2 aromatic rings. The maximum absolute atomic E-state index is 5.58. The van der Waals surface area contributed by atoms with Gasteiger partial charge in [-0.25, -0.2) is 0 Å². The molecule has 150 valence electrons. The molecule has 2 heterocycles. The minimum Gasteiger partial charge on any atom is -0.378 e. The van der Waals surface area contributed by atoms with Crippen molar-refractivity contribution in [3.63, 3.8) is 0 Å². The average Bonchev–Trinajstić information content (AvgIpc) is 3.43. The number of nitrogens with one attached hydrogen (secondary N) is 1. The van der Waals surface area contributed by atoms with Crippen LogP contribution in [0.4, 0.5) is 0 Å². The maximum atomic E-state index is 5.58. The predicted molar refractivity (Wildman–Crippen MR) is 116 cm³/mol. The molecule has 1 aliphatic heterocycles. The van der Waals surface area contributed by atoms with E-state index in [1.54, 1.807) is 4.68 Å². The molecule has 5 rings (SSSR count). The standard InChI is InChI=1S/C22H25N5OS/c29-22-25-24-21(17-6-7-17)27(22)23-15-19-9-8-18(14-16-4-2-1-3-5-16)20(19)26-10-12-28-13-11-26/h1-5,14-15,17H,6-13H2,(H,25,29)/b18-14?,23-15-. The summed E-state index contributed by atoms with van der Waals surface area (Å²) in [6.07, 6.45) is 8.65. The minimum atomic E-state index is 0.491. The van der Waals surface area contributed by atoms with Gasteiger partial charge >= 0.3 is 0 Å². The fourth-order valence-corrected chi connectivity index (χ4v) is 4.26. The van der Waals surface area contributed by atoms with E-state index in [0.717, 1.165) is 45.0 Å². The second-order valence-corrected chi connectivity index (χ2v) is 8.16. The Kier molecular flexibility index (Phi) is 5.16. The van der Waals surface area contributed by atoms with Crippen LogP contribution in [0.5, 0.6) is 0 Å². The lowest BCUT2D eigenvalue weighted by Gasteiger charge is -2.31. The molecule has 6 nitrogen and oxygen atoms in total. The van der Waals surface area contributed by atoms with Gasteiger partial charge in [-0.05, 0) is 60.7 Å². The van der Waals surface area contributed by atoms with Crippen molar-refractivity contribution in [1.29, 1.82) is 0 Å². The number of aromatic amines is 1. The molecule has 1 aromatic carbocycles. The molecule has 0 atom stereocenters. The first-order chi connectivity index (χ1) is 14.3. The van der Waals surface area contributed by atoms with Gasteiger partial charge in [-0.15, -0.1) is 0 Å². The third kappa shape index (κ3) is 3.97. The van der Waals surface area contributed by atoms with Crippen LogP contribution in [0, 0.1) is 4.77 Å². The fraction of sp³-hybridized carbons (Fsp3) is 0.409. The highest BCUT2D eigenvalue weighted by Crippen LogP contribution is 2.39. The Labute approximate surface area is 175 Å². The van der Waals surface area contributed by atoms with E-state index < -0.39 is 0 Å². The number of hydrogen-bond donors (Lipinski definition) is 1. The molecule has 3 aliphatic rings. The smallest absolute Gasteiger partial charge is 0.216 e. The largest absolute Gasteiger partial charge is 0.378 e. The molecule has 0 radical (unpaired) electrons. The van der Waals surface area contributed by atoms with Crippen LogP contribution >= 0.6 is 12.2 Å². The van der Waals surface area contributed by atoms with Crippen LogP contribution in [0.25, 0.3) is 6.08 Å². The van der Waals surface area contributed by atoms with Gasteiger partial charge in [-0.2, -0.15) is 14.9 Å². The average molecular weight is 408 g/mol. The Balaban J connectivity index is 1.51. The molecular weight excluding hydrogens is 382 g/mol. The highest BCUT2D eigenvalue weighted by atomic mass is 32.1.